The van der Waals surface area contributed by atoms with Gasteiger partial charge in [0.1, 0.15) is 6.17 Å². The van der Waals surface area contributed by atoms with Gasteiger partial charge in [-0.2, -0.15) is 0 Å². The maximum absolute atomic E-state index is 12.4. The van der Waals surface area contributed by atoms with Crippen LogP contribution in [-0.4, -0.2) is 18.4 Å². The number of rotatable bonds is 1. The van der Waals surface area contributed by atoms with Crippen LogP contribution in [0.25, 0.3) is 0 Å². The van der Waals surface area contributed by atoms with Gasteiger partial charge in [0.15, 0.2) is 0 Å². The molecule has 0 N–H and O–H groups in total. The molecule has 0 fully saturated rings. The van der Waals surface area contributed by atoms with Crippen molar-refractivity contribution < 1.29 is 4.39 Å². The Balaban J connectivity index is 2.62. The number of alkyl halides is 1. The summed E-state index contributed by atoms with van der Waals surface area (Å²) in [7, 11) is 0. The predicted octanol–water partition coefficient (Wildman–Crippen LogP) is 1.36. The second-order valence-electron chi connectivity index (χ2n) is 1.77. The third-order valence-electron chi connectivity index (χ3n) is 1.21. The van der Waals surface area contributed by atoms with E-state index in [1.807, 2.05) is 0 Å². The first kappa shape index (κ1) is 5.48. The van der Waals surface area contributed by atoms with Crippen LogP contribution in [0.5, 0.6) is 0 Å². The number of allylic oxidation sites excluding steroid dienone is 1. The second-order valence-corrected chi connectivity index (χ2v) is 1.77. The van der Waals surface area contributed by atoms with Gasteiger partial charge in [0.25, 0.3) is 0 Å². The molecule has 0 aliphatic carbocycles. The molecule has 8 heavy (non-hydrogen) atoms. The Labute approximate surface area is 47.9 Å². The smallest absolute Gasteiger partial charge is 0.143 e. The van der Waals surface area contributed by atoms with Crippen molar-refractivity contribution in [1.82, 2.24) is 0 Å². The van der Waals surface area contributed by atoms with Gasteiger partial charge in [0, 0.05) is 13.0 Å². The van der Waals surface area contributed by atoms with Crippen LogP contribution in [0.2, 0.25) is 0 Å². The van der Waals surface area contributed by atoms with Crippen molar-refractivity contribution in [2.45, 2.75) is 12.6 Å². The number of nitrogens with zero attached hydrogens (tertiary/aromatic N) is 1. The highest BCUT2D eigenvalue weighted by Gasteiger charge is 2.15. The molecule has 0 aromatic rings. The summed E-state index contributed by atoms with van der Waals surface area (Å²) in [6.45, 7) is 4.05. The highest BCUT2D eigenvalue weighted by Crippen LogP contribution is 2.09. The molecule has 0 saturated heterocycles. The van der Waals surface area contributed by atoms with E-state index in [1.54, 1.807) is 0 Å². The minimum atomic E-state index is -0.840. The Morgan fingerprint density at radius 2 is 2.62 bits per heavy atom. The summed E-state index contributed by atoms with van der Waals surface area (Å²) in [6.07, 6.45) is 1.19. The SMILES string of the molecule is C=CC1=NCCC1F. The van der Waals surface area contributed by atoms with Gasteiger partial charge in [-0.1, -0.05) is 6.58 Å². The Morgan fingerprint density at radius 3 is 2.88 bits per heavy atom. The van der Waals surface area contributed by atoms with Crippen LogP contribution in [-0.2, 0) is 0 Å². The fraction of sp³-hybridized carbons (Fsp3) is 0.500. The maximum Gasteiger partial charge on any atom is 0.143 e. The van der Waals surface area contributed by atoms with Crippen LogP contribution >= 0.6 is 0 Å². The first-order valence-electron chi connectivity index (χ1n) is 2.65. The van der Waals surface area contributed by atoms with Crippen molar-refractivity contribution in [3.8, 4) is 0 Å². The number of hydrogen-bond donors (Lipinski definition) is 0. The molecule has 0 radical (unpaired) electrons. The first-order chi connectivity index (χ1) is 3.84. The van der Waals surface area contributed by atoms with E-state index in [2.05, 4.69) is 11.6 Å². The molecular weight excluding hydrogens is 105 g/mol. The third-order valence-corrected chi connectivity index (χ3v) is 1.21. The predicted molar refractivity (Wildman–Crippen MR) is 32.0 cm³/mol. The van der Waals surface area contributed by atoms with E-state index >= 15 is 0 Å². The van der Waals surface area contributed by atoms with Crippen molar-refractivity contribution in [3.63, 3.8) is 0 Å². The van der Waals surface area contributed by atoms with Gasteiger partial charge >= 0.3 is 0 Å². The number of halogens is 1. The zero-order chi connectivity index (χ0) is 5.98. The molecule has 1 nitrogen and oxygen atoms in total. The molecule has 1 unspecified atom stereocenters. The largest absolute Gasteiger partial charge is 0.287 e. The summed E-state index contributed by atoms with van der Waals surface area (Å²) in [5.41, 5.74) is 0.519. The Morgan fingerprint density at radius 1 is 1.88 bits per heavy atom. The molecule has 1 aliphatic heterocycles. The fourth-order valence-corrected chi connectivity index (χ4v) is 0.746. The van der Waals surface area contributed by atoms with Gasteiger partial charge in [-0.15, -0.1) is 0 Å². The molecule has 1 aliphatic rings. The lowest BCUT2D eigenvalue weighted by Crippen LogP contribution is -2.05. The van der Waals surface area contributed by atoms with E-state index in [1.165, 1.54) is 6.08 Å². The Hall–Kier alpha value is -0.660. The molecule has 44 valence electrons. The first-order valence-corrected chi connectivity index (χ1v) is 2.65. The van der Waals surface area contributed by atoms with Crippen molar-refractivity contribution in [3.05, 3.63) is 12.7 Å². The van der Waals surface area contributed by atoms with Crippen LogP contribution in [0.4, 0.5) is 4.39 Å². The molecule has 0 aromatic heterocycles. The fourth-order valence-electron chi connectivity index (χ4n) is 0.746. The Kier molecular flexibility index (Phi) is 1.42. The standard InChI is InChI=1S/C6H8FN/c1-2-6-5(7)3-4-8-6/h2,5H,1,3-4H2. The van der Waals surface area contributed by atoms with Crippen LogP contribution < -0.4 is 0 Å². The van der Waals surface area contributed by atoms with Crippen LogP contribution in [0.3, 0.4) is 0 Å². The van der Waals surface area contributed by atoms with Crippen LogP contribution in [0.15, 0.2) is 17.6 Å². The summed E-state index contributed by atoms with van der Waals surface area (Å²) in [6, 6.07) is 0. The van der Waals surface area contributed by atoms with Gasteiger partial charge in [-0.05, 0) is 6.08 Å². The zero-order valence-electron chi connectivity index (χ0n) is 4.60. The van der Waals surface area contributed by atoms with Gasteiger partial charge < -0.3 is 0 Å². The summed E-state index contributed by atoms with van der Waals surface area (Å²) in [4.78, 5) is 3.86. The minimum Gasteiger partial charge on any atom is -0.287 e. The van der Waals surface area contributed by atoms with E-state index in [0.717, 1.165) is 0 Å². The van der Waals surface area contributed by atoms with Gasteiger partial charge in [-0.25, -0.2) is 4.39 Å². The average Bonchev–Trinajstić information content (AvgIpc) is 2.14. The lowest BCUT2D eigenvalue weighted by Gasteiger charge is -1.92. The van der Waals surface area contributed by atoms with Crippen molar-refractivity contribution in [1.29, 1.82) is 0 Å². The molecule has 1 rings (SSSR count). The molecule has 0 spiro atoms. The van der Waals surface area contributed by atoms with Crippen molar-refractivity contribution in [2.24, 2.45) is 4.99 Å². The Bertz CT molecular complexity index is 128. The molecule has 2 heteroatoms. The highest BCUT2D eigenvalue weighted by molar-refractivity contribution is 5.99. The van der Waals surface area contributed by atoms with Crippen molar-refractivity contribution in [2.75, 3.05) is 6.54 Å². The molecule has 0 bridgehead atoms. The molecule has 0 amide bonds. The molecule has 1 heterocycles. The lowest BCUT2D eigenvalue weighted by molar-refractivity contribution is 0.424. The quantitative estimate of drug-likeness (QED) is 0.486. The van der Waals surface area contributed by atoms with Gasteiger partial charge in [0.05, 0.1) is 5.71 Å². The highest BCUT2D eigenvalue weighted by atomic mass is 19.1. The minimum absolute atomic E-state index is 0.519. The molecule has 0 saturated carbocycles. The number of hydrogen-bond acceptors (Lipinski definition) is 1. The van der Waals surface area contributed by atoms with E-state index < -0.39 is 6.17 Å². The summed E-state index contributed by atoms with van der Waals surface area (Å²) < 4.78 is 12.4. The van der Waals surface area contributed by atoms with E-state index in [4.69, 9.17) is 0 Å². The topological polar surface area (TPSA) is 12.4 Å². The van der Waals surface area contributed by atoms with E-state index in [9.17, 15) is 4.39 Å². The maximum atomic E-state index is 12.4. The number of aliphatic imine (C=N–C) groups is 1. The van der Waals surface area contributed by atoms with E-state index in [0.29, 0.717) is 18.7 Å². The molecule has 0 aromatic carbocycles. The monoisotopic (exact) mass is 113 g/mol. The summed E-state index contributed by atoms with van der Waals surface area (Å²) >= 11 is 0. The molecule has 1 atom stereocenters. The van der Waals surface area contributed by atoms with Crippen molar-refractivity contribution >= 4 is 5.71 Å². The average molecular weight is 113 g/mol. The zero-order valence-corrected chi connectivity index (χ0v) is 4.60. The summed E-state index contributed by atoms with van der Waals surface area (Å²) in [5, 5.41) is 0. The molecular formula is C6H8FN. The van der Waals surface area contributed by atoms with E-state index in [-0.39, 0.29) is 0 Å². The van der Waals surface area contributed by atoms with Crippen LogP contribution in [0, 0.1) is 0 Å². The third kappa shape index (κ3) is 0.782. The lowest BCUT2D eigenvalue weighted by atomic mass is 10.2. The van der Waals surface area contributed by atoms with Gasteiger partial charge in [-0.3, -0.25) is 4.99 Å². The second kappa shape index (κ2) is 2.07. The normalized spacial score (nSPS) is 27.6. The van der Waals surface area contributed by atoms with Crippen LogP contribution in [0.1, 0.15) is 6.42 Å². The van der Waals surface area contributed by atoms with Gasteiger partial charge in [0.2, 0.25) is 0 Å². The summed E-state index contributed by atoms with van der Waals surface area (Å²) in [5.74, 6) is 0.